The van der Waals surface area contributed by atoms with E-state index in [1.165, 1.54) is 11.3 Å². The highest BCUT2D eigenvalue weighted by molar-refractivity contribution is 7.71. The molecule has 0 radical (unpaired) electrons. The quantitative estimate of drug-likeness (QED) is 0.544. The van der Waals surface area contributed by atoms with Crippen LogP contribution in [-0.4, -0.2) is 26.8 Å². The van der Waals surface area contributed by atoms with Crippen molar-refractivity contribution in [2.45, 2.75) is 0 Å². The van der Waals surface area contributed by atoms with Crippen LogP contribution in [0.1, 0.15) is 20.8 Å². The summed E-state index contributed by atoms with van der Waals surface area (Å²) in [5.41, 5.74) is 7.22. The molecule has 0 bridgehead atoms. The van der Waals surface area contributed by atoms with Crippen molar-refractivity contribution in [2.75, 3.05) is 5.32 Å². The number of nitrogens with zero attached hydrogens (tertiary/aromatic N) is 1. The van der Waals surface area contributed by atoms with Gasteiger partial charge in [-0.25, -0.2) is 4.98 Å². The Balaban J connectivity index is 1.79. The third-order valence-electron chi connectivity index (χ3n) is 3.03. The van der Waals surface area contributed by atoms with Gasteiger partial charge in [0.05, 0.1) is 11.3 Å². The normalized spacial score (nSPS) is 10.4. The fourth-order valence-corrected chi connectivity index (χ4v) is 2.86. The largest absolute Gasteiger partial charge is 0.364 e. The van der Waals surface area contributed by atoms with Crippen molar-refractivity contribution in [3.05, 3.63) is 51.9 Å². The first-order valence-corrected chi connectivity index (χ1v) is 7.76. The van der Waals surface area contributed by atoms with Crippen LogP contribution in [0.15, 0.2) is 36.0 Å². The number of rotatable bonds is 4. The number of nitrogens with one attached hydrogen (secondary N) is 3. The molecule has 0 aromatic carbocycles. The maximum absolute atomic E-state index is 12.2. The summed E-state index contributed by atoms with van der Waals surface area (Å²) in [6.45, 7) is 0. The number of carbonyl (C=O) groups excluding carboxylic acids is 2. The zero-order valence-corrected chi connectivity index (χ0v) is 13.3. The van der Waals surface area contributed by atoms with Gasteiger partial charge < -0.3 is 15.7 Å². The molecule has 0 aliphatic heterocycles. The van der Waals surface area contributed by atoms with Gasteiger partial charge in [0.25, 0.3) is 11.8 Å². The van der Waals surface area contributed by atoms with Gasteiger partial charge in [0, 0.05) is 23.3 Å². The highest BCUT2D eigenvalue weighted by Gasteiger charge is 2.13. The predicted octanol–water partition coefficient (Wildman–Crippen LogP) is 2.55. The zero-order chi connectivity index (χ0) is 16.4. The van der Waals surface area contributed by atoms with E-state index in [-0.39, 0.29) is 5.91 Å². The van der Waals surface area contributed by atoms with Gasteiger partial charge in [-0.3, -0.25) is 14.9 Å². The Morgan fingerprint density at radius 2 is 2.17 bits per heavy atom. The van der Waals surface area contributed by atoms with Crippen LogP contribution in [0.5, 0.6) is 0 Å². The lowest BCUT2D eigenvalue weighted by molar-refractivity contribution is 0.0994. The molecule has 0 atom stereocenters. The average Bonchev–Trinajstić information content (AvgIpc) is 3.16. The Kier molecular flexibility index (Phi) is 4.04. The highest BCUT2D eigenvalue weighted by Crippen LogP contribution is 2.25. The first-order valence-electron chi connectivity index (χ1n) is 6.48. The van der Waals surface area contributed by atoms with E-state index >= 15 is 0 Å². The summed E-state index contributed by atoms with van der Waals surface area (Å²) in [6.07, 6.45) is 3.29. The van der Waals surface area contributed by atoms with Crippen molar-refractivity contribution >= 4 is 40.5 Å². The third kappa shape index (κ3) is 3.20. The molecule has 0 saturated heterocycles. The molecule has 3 rings (SSSR count). The lowest BCUT2D eigenvalue weighted by Gasteiger charge is -2.01. The molecule has 0 spiro atoms. The summed E-state index contributed by atoms with van der Waals surface area (Å²) in [5.74, 6) is -0.877. The fourth-order valence-electron chi connectivity index (χ4n) is 1.91. The van der Waals surface area contributed by atoms with Crippen LogP contribution in [-0.2, 0) is 0 Å². The number of anilines is 1. The van der Waals surface area contributed by atoms with Gasteiger partial charge in [0.2, 0.25) is 0 Å². The van der Waals surface area contributed by atoms with Gasteiger partial charge in [-0.05, 0) is 18.2 Å². The monoisotopic (exact) mass is 345 g/mol. The third-order valence-corrected chi connectivity index (χ3v) is 4.13. The molecule has 0 aliphatic rings. The number of hydrogen-bond acceptors (Lipinski definition) is 5. The van der Waals surface area contributed by atoms with Gasteiger partial charge in [-0.15, -0.1) is 11.3 Å². The topological polar surface area (TPSA) is 117 Å². The molecule has 7 nitrogen and oxygen atoms in total. The molecular weight excluding hydrogens is 334 g/mol. The van der Waals surface area contributed by atoms with Crippen molar-refractivity contribution in [3.8, 4) is 11.3 Å². The number of pyridine rings is 1. The number of hydrogen-bond donors (Lipinski definition) is 4. The molecule has 3 aromatic rings. The van der Waals surface area contributed by atoms with Crippen LogP contribution in [0, 0.1) is 4.64 Å². The summed E-state index contributed by atoms with van der Waals surface area (Å²) in [5, 5.41) is 4.91. The second kappa shape index (κ2) is 6.15. The molecule has 116 valence electrons. The Labute approximate surface area is 139 Å². The van der Waals surface area contributed by atoms with E-state index < -0.39 is 5.91 Å². The maximum Gasteiger partial charge on any atom is 0.265 e. The van der Waals surface area contributed by atoms with Crippen molar-refractivity contribution in [3.63, 3.8) is 0 Å². The van der Waals surface area contributed by atoms with Crippen LogP contribution in [0.25, 0.3) is 11.3 Å². The van der Waals surface area contributed by atoms with Gasteiger partial charge in [-0.1, -0.05) is 12.2 Å². The molecule has 3 heterocycles. The van der Waals surface area contributed by atoms with E-state index in [9.17, 15) is 9.59 Å². The van der Waals surface area contributed by atoms with E-state index in [1.54, 1.807) is 36.0 Å². The number of amides is 2. The lowest BCUT2D eigenvalue weighted by Crippen LogP contribution is -2.12. The number of H-pyrrole nitrogens is 2. The Morgan fingerprint density at radius 1 is 1.35 bits per heavy atom. The zero-order valence-electron chi connectivity index (χ0n) is 11.6. The van der Waals surface area contributed by atoms with Crippen molar-refractivity contribution in [1.29, 1.82) is 0 Å². The van der Waals surface area contributed by atoms with E-state index in [4.69, 9.17) is 18.0 Å². The summed E-state index contributed by atoms with van der Waals surface area (Å²) in [7, 11) is 0. The number of nitrogens with two attached hydrogens (primary N) is 1. The second-order valence-corrected chi connectivity index (χ2v) is 5.84. The van der Waals surface area contributed by atoms with Crippen LogP contribution in [0.4, 0.5) is 5.13 Å². The molecule has 0 saturated carbocycles. The molecule has 0 unspecified atom stereocenters. The van der Waals surface area contributed by atoms with E-state index in [0.717, 1.165) is 0 Å². The standard InChI is InChI=1S/C14H11N5O2S2/c15-11(20)9-4-7(5-17-9)10-6-23-14(18-10)19-12(21)8-2-1-3-16-13(8)22/h1-6,17H,(H2,15,20)(H,16,22)(H,18,19,21). The minimum absolute atomic E-state index is 0.300. The maximum atomic E-state index is 12.2. The van der Waals surface area contributed by atoms with Gasteiger partial charge in [0.1, 0.15) is 10.3 Å². The van der Waals surface area contributed by atoms with Crippen molar-refractivity contribution in [2.24, 2.45) is 5.73 Å². The van der Waals surface area contributed by atoms with E-state index in [2.05, 4.69) is 20.3 Å². The summed E-state index contributed by atoms with van der Waals surface area (Å²) in [4.78, 5) is 33.2. The number of primary amides is 1. The van der Waals surface area contributed by atoms with Gasteiger partial charge in [0.15, 0.2) is 5.13 Å². The fraction of sp³-hybridized carbons (Fsp3) is 0. The summed E-state index contributed by atoms with van der Waals surface area (Å²) in [6, 6.07) is 4.94. The molecule has 5 N–H and O–H groups in total. The number of aromatic nitrogens is 3. The Bertz CT molecular complexity index is 940. The highest BCUT2D eigenvalue weighted by atomic mass is 32.1. The SMILES string of the molecule is NC(=O)c1cc(-c2csc(NC(=O)c3ccc[nH]c3=S)n2)c[nH]1. The Morgan fingerprint density at radius 3 is 2.87 bits per heavy atom. The van der Waals surface area contributed by atoms with E-state index in [1.807, 2.05) is 0 Å². The minimum Gasteiger partial charge on any atom is -0.364 e. The van der Waals surface area contributed by atoms with Gasteiger partial charge >= 0.3 is 0 Å². The molecule has 0 aliphatic carbocycles. The minimum atomic E-state index is -0.543. The van der Waals surface area contributed by atoms with Crippen LogP contribution in [0.2, 0.25) is 0 Å². The first kappa shape index (κ1) is 15.1. The number of carbonyl (C=O) groups is 2. The first-order chi connectivity index (χ1) is 11.0. The summed E-state index contributed by atoms with van der Waals surface area (Å²) < 4.78 is 0.360. The van der Waals surface area contributed by atoms with Crippen LogP contribution in [0.3, 0.4) is 0 Å². The smallest absolute Gasteiger partial charge is 0.265 e. The number of aromatic amines is 2. The summed E-state index contributed by atoms with van der Waals surface area (Å²) >= 11 is 6.35. The lowest BCUT2D eigenvalue weighted by atomic mass is 10.2. The molecule has 0 fully saturated rings. The Hall–Kier alpha value is -2.78. The average molecular weight is 345 g/mol. The van der Waals surface area contributed by atoms with Crippen LogP contribution >= 0.6 is 23.6 Å². The van der Waals surface area contributed by atoms with E-state index in [0.29, 0.717) is 32.3 Å². The van der Waals surface area contributed by atoms with Crippen molar-refractivity contribution < 1.29 is 9.59 Å². The molecule has 2 amide bonds. The van der Waals surface area contributed by atoms with Crippen LogP contribution < -0.4 is 11.1 Å². The molecule has 9 heteroatoms. The second-order valence-electron chi connectivity index (χ2n) is 4.57. The van der Waals surface area contributed by atoms with Gasteiger partial charge in [-0.2, -0.15) is 0 Å². The molecule has 3 aromatic heterocycles. The number of thiazole rings is 1. The van der Waals surface area contributed by atoms with Crippen molar-refractivity contribution in [1.82, 2.24) is 15.0 Å². The predicted molar refractivity (Wildman–Crippen MR) is 90.0 cm³/mol. The molecule has 23 heavy (non-hydrogen) atoms. The molecular formula is C14H11N5O2S2.